The lowest BCUT2D eigenvalue weighted by Gasteiger charge is -2.16. The lowest BCUT2D eigenvalue weighted by atomic mass is 10.2. The minimum atomic E-state index is -1.07. The molecule has 0 radical (unpaired) electrons. The van der Waals surface area contributed by atoms with Gasteiger partial charge in [-0.3, -0.25) is 4.79 Å². The van der Waals surface area contributed by atoms with Crippen molar-refractivity contribution in [1.29, 1.82) is 0 Å². The Labute approximate surface area is 162 Å². The summed E-state index contributed by atoms with van der Waals surface area (Å²) < 4.78 is 20.7. The van der Waals surface area contributed by atoms with Crippen LogP contribution in [0, 0.1) is 0 Å². The normalized spacial score (nSPS) is 11.3. The zero-order valence-corrected chi connectivity index (χ0v) is 16.1. The van der Waals surface area contributed by atoms with Crippen LogP contribution in [0.4, 0.5) is 5.69 Å². The first-order valence-electron chi connectivity index (χ1n) is 7.97. The molecule has 0 spiro atoms. The fourth-order valence-electron chi connectivity index (χ4n) is 2.26. The zero-order valence-electron chi connectivity index (χ0n) is 15.4. The number of nitrogens with one attached hydrogen (secondary N) is 1. The van der Waals surface area contributed by atoms with Crippen molar-refractivity contribution >= 4 is 29.2 Å². The molecule has 1 atom stereocenters. The molecule has 0 saturated carbocycles. The van der Waals surface area contributed by atoms with Gasteiger partial charge in [0.1, 0.15) is 22.8 Å². The summed E-state index contributed by atoms with van der Waals surface area (Å²) in [6.45, 7) is 1.46. The molecule has 2 aromatic carbocycles. The van der Waals surface area contributed by atoms with Crippen molar-refractivity contribution in [3.63, 3.8) is 0 Å². The number of hydrogen-bond acceptors (Lipinski definition) is 6. The topological polar surface area (TPSA) is 83.1 Å². The van der Waals surface area contributed by atoms with E-state index in [1.807, 2.05) is 0 Å². The van der Waals surface area contributed by atoms with E-state index in [4.69, 9.17) is 30.5 Å². The molecule has 2 rings (SSSR count). The number of carbonyl (C=O) groups is 2. The number of carbonyl (C=O) groups excluding carboxylic acids is 2. The third-order valence-corrected chi connectivity index (χ3v) is 3.93. The van der Waals surface area contributed by atoms with E-state index in [-0.39, 0.29) is 5.56 Å². The number of benzene rings is 2. The fourth-order valence-corrected chi connectivity index (χ4v) is 2.44. The van der Waals surface area contributed by atoms with Gasteiger partial charge in [0.05, 0.1) is 27.0 Å². The lowest BCUT2D eigenvalue weighted by molar-refractivity contribution is -0.123. The van der Waals surface area contributed by atoms with Gasteiger partial charge in [0.25, 0.3) is 5.91 Å². The Bertz CT molecular complexity index is 839. The number of amides is 1. The van der Waals surface area contributed by atoms with Crippen molar-refractivity contribution in [3.05, 3.63) is 47.0 Å². The van der Waals surface area contributed by atoms with Crippen LogP contribution in [-0.2, 0) is 9.53 Å². The number of ether oxygens (including phenoxy) is 4. The maximum absolute atomic E-state index is 12.5. The Balaban J connectivity index is 2.13. The number of rotatable bonds is 7. The number of anilines is 1. The van der Waals surface area contributed by atoms with Crippen molar-refractivity contribution in [2.45, 2.75) is 13.0 Å². The molecule has 144 valence electrons. The summed E-state index contributed by atoms with van der Waals surface area (Å²) in [5.41, 5.74) is 0.522. The van der Waals surface area contributed by atoms with Crippen molar-refractivity contribution in [3.8, 4) is 17.2 Å². The first kappa shape index (κ1) is 20.4. The smallest absolute Gasteiger partial charge is 0.342 e. The molecular formula is C19H20ClNO6. The van der Waals surface area contributed by atoms with Crippen LogP contribution < -0.4 is 19.5 Å². The van der Waals surface area contributed by atoms with Gasteiger partial charge in [-0.25, -0.2) is 4.79 Å². The van der Waals surface area contributed by atoms with Gasteiger partial charge in [-0.05, 0) is 43.3 Å². The molecule has 7 nitrogen and oxygen atoms in total. The van der Waals surface area contributed by atoms with Crippen molar-refractivity contribution in [2.24, 2.45) is 0 Å². The van der Waals surface area contributed by atoms with Crippen molar-refractivity contribution < 1.29 is 28.5 Å². The molecule has 27 heavy (non-hydrogen) atoms. The second-order valence-corrected chi connectivity index (χ2v) is 5.88. The van der Waals surface area contributed by atoms with E-state index < -0.39 is 18.0 Å². The number of methoxy groups -OCH3 is 3. The van der Waals surface area contributed by atoms with Gasteiger partial charge in [-0.1, -0.05) is 11.6 Å². The maximum atomic E-state index is 12.5. The largest absolute Gasteiger partial charge is 0.497 e. The van der Waals surface area contributed by atoms with E-state index in [0.29, 0.717) is 28.0 Å². The SMILES string of the molecule is COc1ccc(OC)c(C(=O)O[C@@H](C)C(=O)Nc2cc(Cl)ccc2OC)c1. The molecule has 0 bridgehead atoms. The number of esters is 1. The first-order valence-corrected chi connectivity index (χ1v) is 8.34. The first-order chi connectivity index (χ1) is 12.9. The molecule has 1 amide bonds. The highest BCUT2D eigenvalue weighted by molar-refractivity contribution is 6.31. The Morgan fingerprint density at radius 1 is 0.963 bits per heavy atom. The third-order valence-electron chi connectivity index (χ3n) is 3.70. The molecule has 0 aromatic heterocycles. The summed E-state index contributed by atoms with van der Waals surface area (Å²) in [5, 5.41) is 3.06. The second-order valence-electron chi connectivity index (χ2n) is 5.45. The Morgan fingerprint density at radius 3 is 2.26 bits per heavy atom. The maximum Gasteiger partial charge on any atom is 0.342 e. The van der Waals surface area contributed by atoms with Gasteiger partial charge in [0, 0.05) is 5.02 Å². The van der Waals surface area contributed by atoms with Crippen LogP contribution in [-0.4, -0.2) is 39.3 Å². The van der Waals surface area contributed by atoms with Gasteiger partial charge in [0.2, 0.25) is 0 Å². The molecule has 0 saturated heterocycles. The Morgan fingerprint density at radius 2 is 1.63 bits per heavy atom. The van der Waals surface area contributed by atoms with Crippen LogP contribution in [0.15, 0.2) is 36.4 Å². The molecule has 0 fully saturated rings. The summed E-state index contributed by atoms with van der Waals surface area (Å²) in [6.07, 6.45) is -1.07. The minimum absolute atomic E-state index is 0.150. The predicted molar refractivity (Wildman–Crippen MR) is 101 cm³/mol. The van der Waals surface area contributed by atoms with E-state index in [1.54, 1.807) is 24.3 Å². The van der Waals surface area contributed by atoms with Gasteiger partial charge >= 0.3 is 5.97 Å². The van der Waals surface area contributed by atoms with E-state index >= 15 is 0 Å². The van der Waals surface area contributed by atoms with Crippen molar-refractivity contribution in [1.82, 2.24) is 0 Å². The standard InChI is InChI=1S/C19H20ClNO6/c1-11(18(22)21-15-9-12(20)5-7-17(15)26-4)27-19(23)14-10-13(24-2)6-8-16(14)25-3/h5-11H,1-4H3,(H,21,22)/t11-/m0/s1. The second kappa shape index (κ2) is 9.14. The highest BCUT2D eigenvalue weighted by Gasteiger charge is 2.23. The fraction of sp³-hybridized carbons (Fsp3) is 0.263. The van der Waals surface area contributed by atoms with Crippen molar-refractivity contribution in [2.75, 3.05) is 26.6 Å². The van der Waals surface area contributed by atoms with Crippen LogP contribution in [0.25, 0.3) is 0 Å². The van der Waals surface area contributed by atoms with Crippen LogP contribution in [0.5, 0.6) is 17.2 Å². The van der Waals surface area contributed by atoms with Crippen LogP contribution >= 0.6 is 11.6 Å². The van der Waals surface area contributed by atoms with Gasteiger partial charge in [-0.15, -0.1) is 0 Å². The molecule has 0 aliphatic rings. The lowest BCUT2D eigenvalue weighted by Crippen LogP contribution is -2.30. The molecule has 1 N–H and O–H groups in total. The zero-order chi connectivity index (χ0) is 20.0. The summed E-state index contributed by atoms with van der Waals surface area (Å²) in [4.78, 5) is 24.8. The average molecular weight is 394 g/mol. The highest BCUT2D eigenvalue weighted by atomic mass is 35.5. The molecule has 8 heteroatoms. The summed E-state index contributed by atoms with van der Waals surface area (Å²) >= 11 is 5.95. The highest BCUT2D eigenvalue weighted by Crippen LogP contribution is 2.28. The van der Waals surface area contributed by atoms with Gasteiger partial charge in [-0.2, -0.15) is 0 Å². The molecular weight excluding hydrogens is 374 g/mol. The van der Waals surface area contributed by atoms with Crippen LogP contribution in [0.3, 0.4) is 0 Å². The van der Waals surface area contributed by atoms with E-state index in [0.717, 1.165) is 0 Å². The summed E-state index contributed by atoms with van der Waals surface area (Å²) in [6, 6.07) is 9.50. The quantitative estimate of drug-likeness (QED) is 0.724. The minimum Gasteiger partial charge on any atom is -0.497 e. The summed E-state index contributed by atoms with van der Waals surface area (Å²) in [7, 11) is 4.38. The molecule has 0 aliphatic heterocycles. The van der Waals surface area contributed by atoms with Gasteiger partial charge in [0.15, 0.2) is 6.10 Å². The van der Waals surface area contributed by atoms with E-state index in [1.165, 1.54) is 40.4 Å². The van der Waals surface area contributed by atoms with E-state index in [2.05, 4.69) is 5.32 Å². The Kier molecular flexibility index (Phi) is 6.90. The number of halogens is 1. The summed E-state index contributed by atoms with van der Waals surface area (Å²) in [5.74, 6) is -0.0496. The van der Waals surface area contributed by atoms with E-state index in [9.17, 15) is 9.59 Å². The Hall–Kier alpha value is -2.93. The van der Waals surface area contributed by atoms with Crippen LogP contribution in [0.2, 0.25) is 5.02 Å². The molecule has 0 heterocycles. The third kappa shape index (κ3) is 5.04. The van der Waals surface area contributed by atoms with Crippen LogP contribution in [0.1, 0.15) is 17.3 Å². The number of hydrogen-bond donors (Lipinski definition) is 1. The molecule has 0 aliphatic carbocycles. The van der Waals surface area contributed by atoms with Gasteiger partial charge < -0.3 is 24.3 Å². The molecule has 2 aromatic rings. The monoisotopic (exact) mass is 393 g/mol. The predicted octanol–water partition coefficient (Wildman–Crippen LogP) is 3.55. The molecule has 0 unspecified atom stereocenters. The average Bonchev–Trinajstić information content (AvgIpc) is 2.67.